The van der Waals surface area contributed by atoms with Gasteiger partial charge < -0.3 is 14.3 Å². The highest BCUT2D eigenvalue weighted by Crippen LogP contribution is 2.22. The molecule has 0 saturated carbocycles. The van der Waals surface area contributed by atoms with Crippen LogP contribution in [0, 0.1) is 5.82 Å². The van der Waals surface area contributed by atoms with Crippen LogP contribution in [0.25, 0.3) is 0 Å². The second-order valence-corrected chi connectivity index (χ2v) is 4.39. The van der Waals surface area contributed by atoms with Gasteiger partial charge in [0, 0.05) is 4.47 Å². The number of hydrogen-bond acceptors (Lipinski definition) is 3. The van der Waals surface area contributed by atoms with E-state index in [0.717, 1.165) is 6.26 Å². The lowest BCUT2D eigenvalue weighted by Gasteiger charge is -2.05. The Labute approximate surface area is 110 Å². The summed E-state index contributed by atoms with van der Waals surface area (Å²) in [4.78, 5) is 10.6. The summed E-state index contributed by atoms with van der Waals surface area (Å²) in [5.41, 5.74) is 0.0323. The number of furan rings is 1. The lowest BCUT2D eigenvalue weighted by molar-refractivity contribution is 0.0696. The number of rotatable bonds is 4. The van der Waals surface area contributed by atoms with Gasteiger partial charge in [-0.2, -0.15) is 0 Å². The number of halogens is 2. The normalized spacial score (nSPS) is 10.3. The van der Waals surface area contributed by atoms with Crippen molar-refractivity contribution in [1.82, 2.24) is 0 Å². The Morgan fingerprint density at radius 3 is 2.83 bits per heavy atom. The average molecular weight is 315 g/mol. The van der Waals surface area contributed by atoms with Crippen LogP contribution in [0.15, 0.2) is 39.4 Å². The fraction of sp³-hybridized carbons (Fsp3) is 0.0833. The van der Waals surface area contributed by atoms with Crippen LogP contribution in [0.3, 0.4) is 0 Å². The van der Waals surface area contributed by atoms with Gasteiger partial charge in [0.2, 0.25) is 0 Å². The molecule has 94 valence electrons. The third-order valence-corrected chi connectivity index (χ3v) is 2.66. The van der Waals surface area contributed by atoms with Gasteiger partial charge in [0.15, 0.2) is 11.6 Å². The van der Waals surface area contributed by atoms with Crippen LogP contribution < -0.4 is 4.74 Å². The van der Waals surface area contributed by atoms with E-state index in [1.807, 2.05) is 0 Å². The van der Waals surface area contributed by atoms with Crippen molar-refractivity contribution in [3.05, 3.63) is 52.1 Å². The molecule has 2 aromatic rings. The fourth-order valence-electron chi connectivity index (χ4n) is 1.31. The summed E-state index contributed by atoms with van der Waals surface area (Å²) in [6, 6.07) is 5.73. The molecule has 0 radical (unpaired) electrons. The molecule has 6 heteroatoms. The zero-order valence-electron chi connectivity index (χ0n) is 9.02. The zero-order chi connectivity index (χ0) is 13.1. The maximum atomic E-state index is 13.4. The Bertz CT molecular complexity index is 579. The first-order valence-corrected chi connectivity index (χ1v) is 5.74. The summed E-state index contributed by atoms with van der Waals surface area (Å²) in [5.74, 6) is -1.20. The molecule has 0 aliphatic rings. The summed E-state index contributed by atoms with van der Waals surface area (Å²) in [6.45, 7) is -0.0359. The van der Waals surface area contributed by atoms with Crippen molar-refractivity contribution >= 4 is 21.9 Å². The van der Waals surface area contributed by atoms with Gasteiger partial charge in [-0.05, 0) is 24.3 Å². The first kappa shape index (κ1) is 12.6. The van der Waals surface area contributed by atoms with E-state index in [9.17, 15) is 9.18 Å². The molecule has 4 nitrogen and oxygen atoms in total. The van der Waals surface area contributed by atoms with E-state index in [0.29, 0.717) is 10.2 Å². The Morgan fingerprint density at radius 2 is 2.22 bits per heavy atom. The molecule has 0 aliphatic carbocycles. The van der Waals surface area contributed by atoms with Crippen molar-refractivity contribution in [3.63, 3.8) is 0 Å². The van der Waals surface area contributed by atoms with Crippen molar-refractivity contribution in [2.24, 2.45) is 0 Å². The molecular formula is C12H8BrFO4. The van der Waals surface area contributed by atoms with E-state index in [-0.39, 0.29) is 17.9 Å². The number of hydrogen-bond donors (Lipinski definition) is 1. The molecule has 0 spiro atoms. The number of aromatic carboxylic acids is 1. The van der Waals surface area contributed by atoms with Crippen molar-refractivity contribution in [2.75, 3.05) is 0 Å². The topological polar surface area (TPSA) is 59.7 Å². The standard InChI is InChI=1S/C12H8BrFO4/c13-8-1-2-11(10(14)4-8)18-6-9-3-7(5-17-9)12(15)16/h1-5H,6H2,(H,15,16). The predicted molar refractivity (Wildman–Crippen MR) is 64.1 cm³/mol. The van der Waals surface area contributed by atoms with Gasteiger partial charge in [-0.15, -0.1) is 0 Å². The molecule has 0 amide bonds. The quantitative estimate of drug-likeness (QED) is 0.939. The van der Waals surface area contributed by atoms with E-state index in [1.165, 1.54) is 18.2 Å². The molecule has 0 atom stereocenters. The first-order valence-electron chi connectivity index (χ1n) is 4.95. The second kappa shape index (κ2) is 5.22. The molecule has 0 saturated heterocycles. The van der Waals surface area contributed by atoms with Crippen LogP contribution in [0.2, 0.25) is 0 Å². The maximum Gasteiger partial charge on any atom is 0.338 e. The third kappa shape index (κ3) is 2.89. The SMILES string of the molecule is O=C(O)c1coc(COc2ccc(Br)cc2F)c1. The van der Waals surface area contributed by atoms with Crippen molar-refractivity contribution in [1.29, 1.82) is 0 Å². The molecule has 0 aliphatic heterocycles. The molecule has 2 rings (SSSR count). The van der Waals surface area contributed by atoms with Crippen LogP contribution in [0.5, 0.6) is 5.75 Å². The molecule has 0 unspecified atom stereocenters. The van der Waals surface area contributed by atoms with Gasteiger partial charge in [0.25, 0.3) is 0 Å². The average Bonchev–Trinajstić information content (AvgIpc) is 2.76. The number of carboxylic acids is 1. The van der Waals surface area contributed by atoms with Crippen LogP contribution >= 0.6 is 15.9 Å². The smallest absolute Gasteiger partial charge is 0.338 e. The second-order valence-electron chi connectivity index (χ2n) is 3.47. The van der Waals surface area contributed by atoms with Crippen LogP contribution in [0.4, 0.5) is 4.39 Å². The summed E-state index contributed by atoms with van der Waals surface area (Å²) in [5, 5.41) is 8.69. The van der Waals surface area contributed by atoms with E-state index >= 15 is 0 Å². The highest BCUT2D eigenvalue weighted by Gasteiger charge is 2.10. The summed E-state index contributed by atoms with van der Waals surface area (Å²) >= 11 is 3.13. The Morgan fingerprint density at radius 1 is 1.44 bits per heavy atom. The molecule has 0 bridgehead atoms. The van der Waals surface area contributed by atoms with Gasteiger partial charge in [-0.1, -0.05) is 15.9 Å². The molecule has 1 aromatic carbocycles. The summed E-state index contributed by atoms with van der Waals surface area (Å²) in [7, 11) is 0. The van der Waals surface area contributed by atoms with Crippen LogP contribution in [-0.4, -0.2) is 11.1 Å². The van der Waals surface area contributed by atoms with E-state index in [1.54, 1.807) is 6.07 Å². The lowest BCUT2D eigenvalue weighted by Crippen LogP contribution is -1.97. The molecule has 0 fully saturated rings. The molecular weight excluding hydrogens is 307 g/mol. The Hall–Kier alpha value is -1.82. The zero-order valence-corrected chi connectivity index (χ0v) is 10.6. The van der Waals surface area contributed by atoms with Crippen molar-refractivity contribution in [3.8, 4) is 5.75 Å². The van der Waals surface area contributed by atoms with E-state index in [2.05, 4.69) is 15.9 Å². The number of benzene rings is 1. The molecule has 18 heavy (non-hydrogen) atoms. The molecule has 1 N–H and O–H groups in total. The molecule has 1 heterocycles. The van der Waals surface area contributed by atoms with E-state index in [4.69, 9.17) is 14.3 Å². The maximum absolute atomic E-state index is 13.4. The summed E-state index contributed by atoms with van der Waals surface area (Å²) < 4.78 is 24.2. The lowest BCUT2D eigenvalue weighted by atomic mass is 10.3. The van der Waals surface area contributed by atoms with Gasteiger partial charge in [0.1, 0.15) is 18.6 Å². The fourth-order valence-corrected chi connectivity index (χ4v) is 1.64. The van der Waals surface area contributed by atoms with Crippen LogP contribution in [-0.2, 0) is 6.61 Å². The highest BCUT2D eigenvalue weighted by atomic mass is 79.9. The van der Waals surface area contributed by atoms with E-state index < -0.39 is 11.8 Å². The van der Waals surface area contributed by atoms with Gasteiger partial charge in [-0.3, -0.25) is 0 Å². The number of ether oxygens (including phenoxy) is 1. The van der Waals surface area contributed by atoms with Gasteiger partial charge in [-0.25, -0.2) is 9.18 Å². The largest absolute Gasteiger partial charge is 0.483 e. The Kier molecular flexibility index (Phi) is 3.66. The third-order valence-electron chi connectivity index (χ3n) is 2.16. The minimum Gasteiger partial charge on any atom is -0.483 e. The van der Waals surface area contributed by atoms with Gasteiger partial charge >= 0.3 is 5.97 Å². The monoisotopic (exact) mass is 314 g/mol. The number of carbonyl (C=O) groups is 1. The van der Waals surface area contributed by atoms with Gasteiger partial charge in [0.05, 0.1) is 5.56 Å². The number of carboxylic acid groups (broad SMARTS) is 1. The Balaban J connectivity index is 2.04. The van der Waals surface area contributed by atoms with Crippen molar-refractivity contribution in [2.45, 2.75) is 6.61 Å². The molecule has 1 aromatic heterocycles. The highest BCUT2D eigenvalue weighted by molar-refractivity contribution is 9.10. The van der Waals surface area contributed by atoms with Crippen LogP contribution in [0.1, 0.15) is 16.1 Å². The first-order chi connectivity index (χ1) is 8.56. The predicted octanol–water partition coefficient (Wildman–Crippen LogP) is 3.46. The minimum absolute atomic E-state index is 0.0323. The van der Waals surface area contributed by atoms with Crippen molar-refractivity contribution < 1.29 is 23.4 Å². The summed E-state index contributed by atoms with van der Waals surface area (Å²) in [6.07, 6.45) is 1.11. The minimum atomic E-state index is -1.08.